The number of aryl methyl sites for hydroxylation is 1. The Labute approximate surface area is 108 Å². The zero-order chi connectivity index (χ0) is 12.8. The Morgan fingerprint density at radius 3 is 2.94 bits per heavy atom. The number of imidazole rings is 1. The van der Waals surface area contributed by atoms with E-state index in [9.17, 15) is 0 Å². The molecule has 0 unspecified atom stereocenters. The number of methoxy groups -OCH3 is 1. The van der Waals surface area contributed by atoms with E-state index < -0.39 is 0 Å². The molecule has 96 valence electrons. The van der Waals surface area contributed by atoms with Gasteiger partial charge in [-0.2, -0.15) is 0 Å². The van der Waals surface area contributed by atoms with Crippen LogP contribution in [0.4, 0.5) is 5.95 Å². The minimum atomic E-state index is 0.762. The second-order valence-corrected chi connectivity index (χ2v) is 4.18. The van der Waals surface area contributed by atoms with Crippen LogP contribution in [0, 0.1) is 6.92 Å². The molecule has 0 radical (unpaired) electrons. The van der Waals surface area contributed by atoms with E-state index in [-0.39, 0.29) is 0 Å². The Morgan fingerprint density at radius 2 is 2.17 bits per heavy atom. The maximum absolute atomic E-state index is 5.03. The van der Waals surface area contributed by atoms with Crippen LogP contribution in [0.25, 0.3) is 5.69 Å². The molecule has 0 bridgehead atoms. The highest BCUT2D eigenvalue weighted by Crippen LogP contribution is 2.17. The molecular formula is C14H19N3O. The Balaban J connectivity index is 2.10. The second-order valence-electron chi connectivity index (χ2n) is 4.18. The molecule has 0 saturated heterocycles. The van der Waals surface area contributed by atoms with Crippen molar-refractivity contribution in [3.63, 3.8) is 0 Å². The van der Waals surface area contributed by atoms with Crippen molar-refractivity contribution >= 4 is 5.95 Å². The molecule has 0 atom stereocenters. The third kappa shape index (κ3) is 2.90. The highest BCUT2D eigenvalue weighted by atomic mass is 16.5. The van der Waals surface area contributed by atoms with E-state index in [0.29, 0.717) is 0 Å². The Bertz CT molecular complexity index is 493. The monoisotopic (exact) mass is 245 g/mol. The van der Waals surface area contributed by atoms with E-state index in [2.05, 4.69) is 33.9 Å². The number of aromatic nitrogens is 2. The predicted octanol–water partition coefficient (Wildman–Crippen LogP) is 2.63. The van der Waals surface area contributed by atoms with Crippen LogP contribution >= 0.6 is 0 Å². The summed E-state index contributed by atoms with van der Waals surface area (Å²) < 4.78 is 7.10. The van der Waals surface area contributed by atoms with Crippen LogP contribution in [0.15, 0.2) is 36.7 Å². The predicted molar refractivity (Wildman–Crippen MR) is 73.3 cm³/mol. The van der Waals surface area contributed by atoms with Crippen molar-refractivity contribution < 1.29 is 4.74 Å². The van der Waals surface area contributed by atoms with Gasteiger partial charge in [0.2, 0.25) is 5.95 Å². The fourth-order valence-corrected chi connectivity index (χ4v) is 1.88. The summed E-state index contributed by atoms with van der Waals surface area (Å²) in [7, 11) is 1.72. The van der Waals surface area contributed by atoms with Crippen LogP contribution in [0.1, 0.15) is 12.0 Å². The van der Waals surface area contributed by atoms with Gasteiger partial charge >= 0.3 is 0 Å². The van der Waals surface area contributed by atoms with Gasteiger partial charge in [0.25, 0.3) is 0 Å². The van der Waals surface area contributed by atoms with Crippen molar-refractivity contribution in [3.8, 4) is 5.69 Å². The number of benzene rings is 1. The quantitative estimate of drug-likeness (QED) is 0.795. The summed E-state index contributed by atoms with van der Waals surface area (Å²) in [6.07, 6.45) is 4.75. The molecule has 0 saturated carbocycles. The molecule has 2 rings (SSSR count). The summed E-state index contributed by atoms with van der Waals surface area (Å²) in [5, 5.41) is 3.33. The molecule has 18 heavy (non-hydrogen) atoms. The lowest BCUT2D eigenvalue weighted by Gasteiger charge is -2.11. The summed E-state index contributed by atoms with van der Waals surface area (Å²) in [6, 6.07) is 8.28. The van der Waals surface area contributed by atoms with Crippen LogP contribution in [0.2, 0.25) is 0 Å². The Kier molecular flexibility index (Phi) is 4.36. The van der Waals surface area contributed by atoms with E-state index in [1.807, 2.05) is 24.5 Å². The molecule has 1 aromatic carbocycles. The standard InChI is InChI=1S/C14H19N3O/c1-12-6-3-4-7-13(12)17-10-9-16-14(17)15-8-5-11-18-2/h3-4,6-7,9-10H,5,8,11H2,1-2H3,(H,15,16). The van der Waals surface area contributed by atoms with Gasteiger partial charge in [0, 0.05) is 32.7 Å². The van der Waals surface area contributed by atoms with Gasteiger partial charge in [0.05, 0.1) is 5.69 Å². The van der Waals surface area contributed by atoms with E-state index in [4.69, 9.17) is 4.74 Å². The van der Waals surface area contributed by atoms with Gasteiger partial charge in [-0.25, -0.2) is 4.98 Å². The third-order valence-corrected chi connectivity index (χ3v) is 2.82. The first-order valence-corrected chi connectivity index (χ1v) is 6.15. The van der Waals surface area contributed by atoms with Crippen LogP contribution in [-0.2, 0) is 4.74 Å². The maximum Gasteiger partial charge on any atom is 0.207 e. The van der Waals surface area contributed by atoms with Crippen LogP contribution < -0.4 is 5.32 Å². The number of hydrogen-bond donors (Lipinski definition) is 1. The average Bonchev–Trinajstić information content (AvgIpc) is 2.83. The van der Waals surface area contributed by atoms with Gasteiger partial charge in [0.1, 0.15) is 0 Å². The number of hydrogen-bond acceptors (Lipinski definition) is 3. The fraction of sp³-hybridized carbons (Fsp3) is 0.357. The van der Waals surface area contributed by atoms with Crippen molar-refractivity contribution in [2.75, 3.05) is 25.6 Å². The Hall–Kier alpha value is -1.81. The molecule has 0 amide bonds. The smallest absolute Gasteiger partial charge is 0.207 e. The molecule has 2 aromatic rings. The van der Waals surface area contributed by atoms with Crippen molar-refractivity contribution in [2.45, 2.75) is 13.3 Å². The number of para-hydroxylation sites is 1. The molecule has 1 heterocycles. The third-order valence-electron chi connectivity index (χ3n) is 2.82. The lowest BCUT2D eigenvalue weighted by molar-refractivity contribution is 0.197. The summed E-state index contributed by atoms with van der Waals surface area (Å²) in [4.78, 5) is 4.34. The van der Waals surface area contributed by atoms with E-state index in [1.54, 1.807) is 7.11 Å². The molecule has 1 N–H and O–H groups in total. The number of nitrogens with one attached hydrogen (secondary N) is 1. The van der Waals surface area contributed by atoms with Crippen LogP contribution in [0.5, 0.6) is 0 Å². The highest BCUT2D eigenvalue weighted by Gasteiger charge is 2.05. The van der Waals surface area contributed by atoms with Crippen molar-refractivity contribution in [3.05, 3.63) is 42.2 Å². The van der Waals surface area contributed by atoms with Gasteiger partial charge in [-0.1, -0.05) is 18.2 Å². The zero-order valence-corrected chi connectivity index (χ0v) is 10.9. The number of ether oxygens (including phenoxy) is 1. The SMILES string of the molecule is COCCCNc1nccn1-c1ccccc1C. The molecule has 0 spiro atoms. The lowest BCUT2D eigenvalue weighted by Crippen LogP contribution is -2.09. The van der Waals surface area contributed by atoms with Crippen LogP contribution in [-0.4, -0.2) is 29.8 Å². The summed E-state index contributed by atoms with van der Waals surface area (Å²) in [5.41, 5.74) is 2.39. The highest BCUT2D eigenvalue weighted by molar-refractivity contribution is 5.46. The number of nitrogens with zero attached hydrogens (tertiary/aromatic N) is 2. The number of anilines is 1. The van der Waals surface area contributed by atoms with Gasteiger partial charge in [-0.05, 0) is 25.0 Å². The molecular weight excluding hydrogens is 226 g/mol. The fourth-order valence-electron chi connectivity index (χ4n) is 1.88. The summed E-state index contributed by atoms with van der Waals surface area (Å²) in [5.74, 6) is 0.875. The summed E-state index contributed by atoms with van der Waals surface area (Å²) >= 11 is 0. The first kappa shape index (κ1) is 12.6. The first-order valence-electron chi connectivity index (χ1n) is 6.15. The first-order chi connectivity index (χ1) is 8.83. The van der Waals surface area contributed by atoms with E-state index >= 15 is 0 Å². The molecule has 4 nitrogen and oxygen atoms in total. The lowest BCUT2D eigenvalue weighted by atomic mass is 10.2. The largest absolute Gasteiger partial charge is 0.385 e. The Morgan fingerprint density at radius 1 is 1.33 bits per heavy atom. The normalized spacial score (nSPS) is 10.6. The molecule has 1 aromatic heterocycles. The van der Waals surface area contributed by atoms with Gasteiger partial charge in [-0.15, -0.1) is 0 Å². The van der Waals surface area contributed by atoms with Gasteiger partial charge in [0.15, 0.2) is 0 Å². The summed E-state index contributed by atoms with van der Waals surface area (Å²) in [6.45, 7) is 3.72. The van der Waals surface area contributed by atoms with Crippen molar-refractivity contribution in [2.24, 2.45) is 0 Å². The maximum atomic E-state index is 5.03. The van der Waals surface area contributed by atoms with Crippen molar-refractivity contribution in [1.82, 2.24) is 9.55 Å². The molecule has 0 aliphatic rings. The number of rotatable bonds is 6. The van der Waals surface area contributed by atoms with Crippen LogP contribution in [0.3, 0.4) is 0 Å². The molecule has 4 heteroatoms. The van der Waals surface area contributed by atoms with Crippen molar-refractivity contribution in [1.29, 1.82) is 0 Å². The zero-order valence-electron chi connectivity index (χ0n) is 10.9. The van der Waals surface area contributed by atoms with Gasteiger partial charge < -0.3 is 10.1 Å². The minimum Gasteiger partial charge on any atom is -0.385 e. The van der Waals surface area contributed by atoms with E-state index in [0.717, 1.165) is 31.2 Å². The van der Waals surface area contributed by atoms with Gasteiger partial charge in [-0.3, -0.25) is 4.57 Å². The molecule has 0 aliphatic heterocycles. The second kappa shape index (κ2) is 6.21. The average molecular weight is 245 g/mol. The molecule has 0 aliphatic carbocycles. The topological polar surface area (TPSA) is 39.1 Å². The minimum absolute atomic E-state index is 0.762. The van der Waals surface area contributed by atoms with E-state index in [1.165, 1.54) is 5.56 Å². The molecule has 0 fully saturated rings.